The Morgan fingerprint density at radius 2 is 2.33 bits per heavy atom. The molecule has 3 nitrogen and oxygen atoms in total. The molecule has 0 saturated heterocycles. The minimum Gasteiger partial charge on any atom is -0.481 e. The zero-order valence-corrected chi connectivity index (χ0v) is 9.03. The van der Waals surface area contributed by atoms with Crippen LogP contribution in [0.2, 0.25) is 0 Å². The number of carboxylic acid groups (broad SMARTS) is 1. The summed E-state index contributed by atoms with van der Waals surface area (Å²) in [5.74, 6) is -0.271. The topological polar surface area (TPSA) is 40.5 Å². The molecule has 0 radical (unpaired) electrons. The predicted molar refractivity (Wildman–Crippen MR) is 59.5 cm³/mol. The quantitative estimate of drug-likeness (QED) is 0.801. The molecule has 2 rings (SSSR count). The molecule has 1 atom stereocenters. The summed E-state index contributed by atoms with van der Waals surface area (Å²) in [6.07, 6.45) is 0.115. The molecule has 80 valence electrons. The molecule has 1 N–H and O–H groups in total. The highest BCUT2D eigenvalue weighted by molar-refractivity contribution is 5.71. The number of aliphatic carboxylic acids is 1. The van der Waals surface area contributed by atoms with Gasteiger partial charge in [-0.05, 0) is 17.2 Å². The largest absolute Gasteiger partial charge is 0.481 e. The number of nitrogens with zero attached hydrogens (tertiary/aromatic N) is 1. The van der Waals surface area contributed by atoms with Crippen LogP contribution < -0.4 is 4.90 Å². The summed E-state index contributed by atoms with van der Waals surface area (Å²) >= 11 is 0. The van der Waals surface area contributed by atoms with Crippen molar-refractivity contribution in [1.82, 2.24) is 0 Å². The third-order valence-electron chi connectivity index (χ3n) is 2.94. The maximum atomic E-state index is 10.6. The molecule has 1 unspecified atom stereocenters. The van der Waals surface area contributed by atoms with Gasteiger partial charge in [-0.25, -0.2) is 0 Å². The average molecular weight is 205 g/mol. The van der Waals surface area contributed by atoms with E-state index in [2.05, 4.69) is 18.9 Å². The van der Waals surface area contributed by atoms with Crippen molar-refractivity contribution in [1.29, 1.82) is 0 Å². The Hall–Kier alpha value is -1.51. The molecule has 0 bridgehead atoms. The Morgan fingerprint density at radius 1 is 1.60 bits per heavy atom. The lowest BCUT2D eigenvalue weighted by atomic mass is 10.00. The highest BCUT2D eigenvalue weighted by Crippen LogP contribution is 2.35. The van der Waals surface area contributed by atoms with Crippen LogP contribution in [0.4, 0.5) is 5.69 Å². The van der Waals surface area contributed by atoms with E-state index in [1.165, 1.54) is 11.3 Å². The van der Waals surface area contributed by atoms with Crippen LogP contribution in [0.25, 0.3) is 0 Å². The Bertz CT molecular complexity index is 401. The highest BCUT2D eigenvalue weighted by Gasteiger charge is 2.22. The second-order valence-corrected chi connectivity index (χ2v) is 4.25. The summed E-state index contributed by atoms with van der Waals surface area (Å²) in [7, 11) is 2.07. The van der Waals surface area contributed by atoms with Crippen molar-refractivity contribution in [2.45, 2.75) is 19.3 Å². The van der Waals surface area contributed by atoms with E-state index in [1.807, 2.05) is 18.2 Å². The van der Waals surface area contributed by atoms with Crippen molar-refractivity contribution >= 4 is 11.7 Å². The summed E-state index contributed by atoms with van der Waals surface area (Å²) in [6.45, 7) is 3.19. The van der Waals surface area contributed by atoms with Crippen LogP contribution in [0.1, 0.15) is 24.0 Å². The summed E-state index contributed by atoms with van der Waals surface area (Å²) in [6, 6.07) is 5.95. The van der Waals surface area contributed by atoms with Gasteiger partial charge < -0.3 is 10.0 Å². The van der Waals surface area contributed by atoms with E-state index < -0.39 is 5.97 Å². The summed E-state index contributed by atoms with van der Waals surface area (Å²) in [5.41, 5.74) is 3.40. The standard InChI is InChI=1S/C12H15NO2/c1-8-7-13(2)11-4-3-9(5-10(8)11)6-12(14)15/h3-5,8H,6-7H2,1-2H3,(H,14,15). The summed E-state index contributed by atoms with van der Waals surface area (Å²) in [4.78, 5) is 12.8. The Morgan fingerprint density at radius 3 is 3.00 bits per heavy atom. The van der Waals surface area contributed by atoms with E-state index in [0.29, 0.717) is 5.92 Å². The van der Waals surface area contributed by atoms with Crippen molar-refractivity contribution < 1.29 is 9.90 Å². The monoisotopic (exact) mass is 205 g/mol. The van der Waals surface area contributed by atoms with Crippen molar-refractivity contribution in [2.24, 2.45) is 0 Å². The molecule has 0 aliphatic carbocycles. The zero-order valence-electron chi connectivity index (χ0n) is 9.03. The van der Waals surface area contributed by atoms with Crippen molar-refractivity contribution in [3.63, 3.8) is 0 Å². The smallest absolute Gasteiger partial charge is 0.307 e. The van der Waals surface area contributed by atoms with Gasteiger partial charge in [-0.1, -0.05) is 19.1 Å². The molecule has 0 spiro atoms. The number of anilines is 1. The van der Waals surface area contributed by atoms with Gasteiger partial charge in [-0.2, -0.15) is 0 Å². The van der Waals surface area contributed by atoms with Gasteiger partial charge in [-0.15, -0.1) is 0 Å². The fourth-order valence-corrected chi connectivity index (χ4v) is 2.24. The molecule has 15 heavy (non-hydrogen) atoms. The molecular weight excluding hydrogens is 190 g/mol. The average Bonchev–Trinajstić information content (AvgIpc) is 2.41. The lowest BCUT2D eigenvalue weighted by Crippen LogP contribution is -2.13. The number of hydrogen-bond acceptors (Lipinski definition) is 2. The number of hydrogen-bond donors (Lipinski definition) is 1. The van der Waals surface area contributed by atoms with E-state index in [4.69, 9.17) is 5.11 Å². The third kappa shape index (κ3) is 1.82. The van der Waals surface area contributed by atoms with Crippen molar-refractivity contribution in [3.05, 3.63) is 29.3 Å². The van der Waals surface area contributed by atoms with Crippen LogP contribution >= 0.6 is 0 Å². The minimum absolute atomic E-state index is 0.115. The maximum Gasteiger partial charge on any atom is 0.307 e. The second-order valence-electron chi connectivity index (χ2n) is 4.25. The summed E-state index contributed by atoms with van der Waals surface area (Å²) in [5, 5.41) is 8.72. The van der Waals surface area contributed by atoms with Gasteiger partial charge >= 0.3 is 5.97 Å². The Kier molecular flexibility index (Phi) is 2.39. The SMILES string of the molecule is CC1CN(C)c2ccc(CC(=O)O)cc21. The molecule has 3 heteroatoms. The highest BCUT2D eigenvalue weighted by atomic mass is 16.4. The minimum atomic E-state index is -0.769. The number of carboxylic acids is 1. The van der Waals surface area contributed by atoms with E-state index in [9.17, 15) is 4.79 Å². The lowest BCUT2D eigenvalue weighted by molar-refractivity contribution is -0.136. The number of benzene rings is 1. The zero-order chi connectivity index (χ0) is 11.0. The Balaban J connectivity index is 2.34. The van der Waals surface area contributed by atoms with Crippen LogP contribution in [0, 0.1) is 0 Å². The first-order valence-corrected chi connectivity index (χ1v) is 5.13. The number of carbonyl (C=O) groups is 1. The van der Waals surface area contributed by atoms with Gasteiger partial charge in [0.2, 0.25) is 0 Å². The molecule has 1 aromatic rings. The molecular formula is C12H15NO2. The van der Waals surface area contributed by atoms with Gasteiger partial charge in [0.05, 0.1) is 6.42 Å². The van der Waals surface area contributed by atoms with E-state index in [0.717, 1.165) is 12.1 Å². The van der Waals surface area contributed by atoms with Crippen LogP contribution in [0.15, 0.2) is 18.2 Å². The fourth-order valence-electron chi connectivity index (χ4n) is 2.24. The van der Waals surface area contributed by atoms with Gasteiger partial charge in [0.1, 0.15) is 0 Å². The molecule has 1 aliphatic rings. The molecule has 0 aromatic heterocycles. The van der Waals surface area contributed by atoms with Crippen molar-refractivity contribution in [2.75, 3.05) is 18.5 Å². The molecule has 1 aromatic carbocycles. The molecule has 1 heterocycles. The number of fused-ring (bicyclic) bond motifs is 1. The van der Waals surface area contributed by atoms with E-state index in [-0.39, 0.29) is 6.42 Å². The van der Waals surface area contributed by atoms with E-state index in [1.54, 1.807) is 0 Å². The number of likely N-dealkylation sites (N-methyl/N-ethyl adjacent to an activating group) is 1. The van der Waals surface area contributed by atoms with Crippen LogP contribution in [-0.2, 0) is 11.2 Å². The molecule has 1 aliphatic heterocycles. The fraction of sp³-hybridized carbons (Fsp3) is 0.417. The van der Waals surface area contributed by atoms with Crippen LogP contribution in [-0.4, -0.2) is 24.7 Å². The second kappa shape index (κ2) is 3.57. The van der Waals surface area contributed by atoms with Crippen LogP contribution in [0.5, 0.6) is 0 Å². The van der Waals surface area contributed by atoms with Gasteiger partial charge in [0.25, 0.3) is 0 Å². The van der Waals surface area contributed by atoms with Crippen LogP contribution in [0.3, 0.4) is 0 Å². The lowest BCUT2D eigenvalue weighted by Gasteiger charge is -2.11. The number of rotatable bonds is 2. The first kappa shape index (κ1) is 10.0. The van der Waals surface area contributed by atoms with Crippen molar-refractivity contribution in [3.8, 4) is 0 Å². The van der Waals surface area contributed by atoms with Gasteiger partial charge in [0.15, 0.2) is 0 Å². The van der Waals surface area contributed by atoms with Gasteiger partial charge in [0, 0.05) is 25.2 Å². The van der Waals surface area contributed by atoms with Gasteiger partial charge in [-0.3, -0.25) is 4.79 Å². The normalized spacial score (nSPS) is 19.1. The van der Waals surface area contributed by atoms with E-state index >= 15 is 0 Å². The Labute approximate surface area is 89.3 Å². The third-order valence-corrected chi connectivity index (χ3v) is 2.94. The molecule has 0 saturated carbocycles. The maximum absolute atomic E-state index is 10.6. The molecule has 0 amide bonds. The predicted octanol–water partition coefficient (Wildman–Crippen LogP) is 1.87. The first-order chi connectivity index (χ1) is 7.08. The molecule has 0 fully saturated rings. The first-order valence-electron chi connectivity index (χ1n) is 5.13. The summed E-state index contributed by atoms with van der Waals surface area (Å²) < 4.78 is 0.